The zero-order chi connectivity index (χ0) is 14.8. The first kappa shape index (κ1) is 14.4. The molecule has 0 amide bonds. The van der Waals surface area contributed by atoms with Crippen molar-refractivity contribution in [3.63, 3.8) is 0 Å². The number of nitrogens with zero attached hydrogens (tertiary/aromatic N) is 2. The molecule has 1 fully saturated rings. The lowest BCUT2D eigenvalue weighted by molar-refractivity contribution is -0.119. The Morgan fingerprint density at radius 3 is 2.95 bits per heavy atom. The Kier molecular flexibility index (Phi) is 4.15. The van der Waals surface area contributed by atoms with Crippen LogP contribution in [0.2, 0.25) is 0 Å². The van der Waals surface area contributed by atoms with Crippen LogP contribution in [-0.2, 0) is 4.79 Å². The third kappa shape index (κ3) is 2.91. The molecule has 110 valence electrons. The fourth-order valence-electron chi connectivity index (χ4n) is 2.76. The first-order valence-electron chi connectivity index (χ1n) is 7.46. The molecule has 1 aromatic heterocycles. The summed E-state index contributed by atoms with van der Waals surface area (Å²) in [7, 11) is 0. The molecule has 21 heavy (non-hydrogen) atoms. The maximum Gasteiger partial charge on any atom is 0.173 e. The van der Waals surface area contributed by atoms with E-state index >= 15 is 0 Å². The van der Waals surface area contributed by atoms with Crippen LogP contribution in [0.25, 0.3) is 5.69 Å². The highest BCUT2D eigenvalue weighted by atomic mass is 32.2. The lowest BCUT2D eigenvalue weighted by Crippen LogP contribution is -2.21. The van der Waals surface area contributed by atoms with Crippen LogP contribution in [0.4, 0.5) is 0 Å². The van der Waals surface area contributed by atoms with E-state index in [1.54, 1.807) is 11.8 Å². The van der Waals surface area contributed by atoms with Gasteiger partial charge in [0.1, 0.15) is 5.78 Å². The molecule has 3 rings (SSSR count). The molecule has 3 nitrogen and oxygen atoms in total. The first-order valence-corrected chi connectivity index (χ1v) is 8.34. The quantitative estimate of drug-likeness (QED) is 0.856. The van der Waals surface area contributed by atoms with Gasteiger partial charge in [-0.3, -0.25) is 9.36 Å². The Bertz CT molecular complexity index is 663. The van der Waals surface area contributed by atoms with E-state index in [1.807, 2.05) is 12.4 Å². The Balaban J connectivity index is 1.90. The van der Waals surface area contributed by atoms with E-state index in [1.165, 1.54) is 11.1 Å². The van der Waals surface area contributed by atoms with Gasteiger partial charge in [0.25, 0.3) is 0 Å². The number of imidazole rings is 1. The predicted molar refractivity (Wildman–Crippen MR) is 86.2 cm³/mol. The van der Waals surface area contributed by atoms with Crippen molar-refractivity contribution >= 4 is 17.5 Å². The second kappa shape index (κ2) is 6.06. The summed E-state index contributed by atoms with van der Waals surface area (Å²) in [6, 6.07) is 6.29. The average Bonchev–Trinajstić information content (AvgIpc) is 2.92. The van der Waals surface area contributed by atoms with Crippen molar-refractivity contribution < 1.29 is 4.79 Å². The van der Waals surface area contributed by atoms with Gasteiger partial charge in [0.2, 0.25) is 0 Å². The number of rotatable bonds is 3. The van der Waals surface area contributed by atoms with Crippen LogP contribution in [0.1, 0.15) is 36.8 Å². The fourth-order valence-corrected chi connectivity index (χ4v) is 3.94. The highest BCUT2D eigenvalue weighted by Crippen LogP contribution is 2.32. The SMILES string of the molecule is Cc1cccc(-n2ccnc2S[C@@H]2CCCCC2=O)c1C. The molecule has 1 saturated carbocycles. The number of thioether (sulfide) groups is 1. The van der Waals surface area contributed by atoms with Gasteiger partial charge in [-0.1, -0.05) is 30.3 Å². The third-order valence-electron chi connectivity index (χ3n) is 4.19. The molecule has 0 bridgehead atoms. The van der Waals surface area contributed by atoms with Gasteiger partial charge in [-0.15, -0.1) is 0 Å². The Labute approximate surface area is 129 Å². The van der Waals surface area contributed by atoms with Gasteiger partial charge < -0.3 is 0 Å². The van der Waals surface area contributed by atoms with Crippen LogP contribution in [0.15, 0.2) is 35.7 Å². The first-order chi connectivity index (χ1) is 10.2. The number of hydrogen-bond acceptors (Lipinski definition) is 3. The molecule has 1 aliphatic rings. The maximum absolute atomic E-state index is 12.0. The Morgan fingerprint density at radius 1 is 1.29 bits per heavy atom. The number of ketones is 1. The monoisotopic (exact) mass is 300 g/mol. The van der Waals surface area contributed by atoms with Crippen molar-refractivity contribution in [2.45, 2.75) is 49.9 Å². The second-order valence-electron chi connectivity index (χ2n) is 5.62. The highest BCUT2D eigenvalue weighted by molar-refractivity contribution is 8.00. The summed E-state index contributed by atoms with van der Waals surface area (Å²) >= 11 is 1.62. The molecule has 1 atom stereocenters. The van der Waals surface area contributed by atoms with Gasteiger partial charge in [0, 0.05) is 18.8 Å². The summed E-state index contributed by atoms with van der Waals surface area (Å²) < 4.78 is 2.11. The summed E-state index contributed by atoms with van der Waals surface area (Å²) in [5.41, 5.74) is 3.68. The van der Waals surface area contributed by atoms with Crippen LogP contribution in [-0.4, -0.2) is 20.6 Å². The molecule has 1 aliphatic carbocycles. The van der Waals surface area contributed by atoms with Crippen molar-refractivity contribution in [1.82, 2.24) is 9.55 Å². The molecule has 0 aliphatic heterocycles. The summed E-state index contributed by atoms with van der Waals surface area (Å²) in [6.45, 7) is 4.25. The highest BCUT2D eigenvalue weighted by Gasteiger charge is 2.25. The topological polar surface area (TPSA) is 34.9 Å². The molecular weight excluding hydrogens is 280 g/mol. The molecular formula is C17H20N2OS. The molecule has 2 aromatic rings. The van der Waals surface area contributed by atoms with Crippen LogP contribution < -0.4 is 0 Å². The molecule has 0 saturated heterocycles. The summed E-state index contributed by atoms with van der Waals surface area (Å²) in [6.07, 6.45) is 7.69. The van der Waals surface area contributed by atoms with E-state index in [0.29, 0.717) is 5.78 Å². The smallest absolute Gasteiger partial charge is 0.173 e. The summed E-state index contributed by atoms with van der Waals surface area (Å²) in [5.74, 6) is 0.377. The zero-order valence-electron chi connectivity index (χ0n) is 12.5. The van der Waals surface area contributed by atoms with Gasteiger partial charge >= 0.3 is 0 Å². The minimum absolute atomic E-state index is 0.0741. The minimum atomic E-state index is 0.0741. The molecule has 1 heterocycles. The number of aromatic nitrogens is 2. The van der Waals surface area contributed by atoms with Crippen LogP contribution in [0.5, 0.6) is 0 Å². The van der Waals surface area contributed by atoms with Crippen molar-refractivity contribution in [2.75, 3.05) is 0 Å². The summed E-state index contributed by atoms with van der Waals surface area (Å²) in [4.78, 5) is 16.5. The van der Waals surface area contributed by atoms with E-state index in [0.717, 1.165) is 36.5 Å². The molecule has 0 spiro atoms. The number of aryl methyl sites for hydroxylation is 1. The van der Waals surface area contributed by atoms with Crippen LogP contribution >= 0.6 is 11.8 Å². The van der Waals surface area contributed by atoms with Gasteiger partial charge in [-0.25, -0.2) is 4.98 Å². The number of Topliss-reactive ketones (excluding diaryl/α,β-unsaturated/α-hetero) is 1. The molecule has 1 aromatic carbocycles. The zero-order valence-corrected chi connectivity index (χ0v) is 13.3. The maximum atomic E-state index is 12.0. The van der Waals surface area contributed by atoms with Crippen molar-refractivity contribution in [2.24, 2.45) is 0 Å². The van der Waals surface area contributed by atoms with Crippen LogP contribution in [0, 0.1) is 13.8 Å². The van der Waals surface area contributed by atoms with Crippen molar-refractivity contribution in [3.8, 4) is 5.69 Å². The fraction of sp³-hybridized carbons (Fsp3) is 0.412. The van der Waals surface area contributed by atoms with Crippen molar-refractivity contribution in [1.29, 1.82) is 0 Å². The van der Waals surface area contributed by atoms with E-state index in [4.69, 9.17) is 0 Å². The van der Waals surface area contributed by atoms with E-state index in [2.05, 4.69) is 41.6 Å². The molecule has 0 radical (unpaired) electrons. The lowest BCUT2D eigenvalue weighted by atomic mass is 9.99. The van der Waals surface area contributed by atoms with E-state index in [9.17, 15) is 4.79 Å². The van der Waals surface area contributed by atoms with Crippen molar-refractivity contribution in [3.05, 3.63) is 41.7 Å². The van der Waals surface area contributed by atoms with E-state index < -0.39 is 0 Å². The summed E-state index contributed by atoms with van der Waals surface area (Å²) in [5, 5.41) is 0.994. The standard InChI is InChI=1S/C17H20N2OS/c1-12-6-5-7-14(13(12)2)19-11-10-18-17(19)21-16-9-4-3-8-15(16)20/h5-7,10-11,16H,3-4,8-9H2,1-2H3/t16-/m1/s1. The Hall–Kier alpha value is -1.55. The normalized spacial score (nSPS) is 19.0. The molecule has 0 N–H and O–H groups in total. The minimum Gasteiger partial charge on any atom is -0.298 e. The molecule has 0 unspecified atom stereocenters. The predicted octanol–water partition coefficient (Wildman–Crippen LogP) is 4.09. The second-order valence-corrected chi connectivity index (χ2v) is 6.79. The van der Waals surface area contributed by atoms with Crippen LogP contribution in [0.3, 0.4) is 0 Å². The third-order valence-corrected chi connectivity index (χ3v) is 5.48. The Morgan fingerprint density at radius 2 is 2.14 bits per heavy atom. The van der Waals surface area contributed by atoms with E-state index in [-0.39, 0.29) is 5.25 Å². The molecule has 4 heteroatoms. The number of carbonyl (C=O) groups excluding carboxylic acids is 1. The van der Waals surface area contributed by atoms with Gasteiger partial charge in [-0.05, 0) is 43.9 Å². The van der Waals surface area contributed by atoms with Gasteiger partial charge in [0.05, 0.1) is 10.9 Å². The van der Waals surface area contributed by atoms with Gasteiger partial charge in [0.15, 0.2) is 5.16 Å². The largest absolute Gasteiger partial charge is 0.298 e. The average molecular weight is 300 g/mol. The van der Waals surface area contributed by atoms with Gasteiger partial charge in [-0.2, -0.15) is 0 Å². The lowest BCUT2D eigenvalue weighted by Gasteiger charge is -2.20. The number of carbonyl (C=O) groups is 1. The number of benzene rings is 1. The number of hydrogen-bond donors (Lipinski definition) is 0.